The van der Waals surface area contributed by atoms with Crippen LogP contribution in [0.1, 0.15) is 13.8 Å². The molecule has 2 N–H and O–H groups in total. The van der Waals surface area contributed by atoms with Crippen LogP contribution in [0.15, 0.2) is 36.7 Å². The van der Waals surface area contributed by atoms with E-state index in [1.807, 2.05) is 30.3 Å². The lowest BCUT2D eigenvalue weighted by Gasteiger charge is -2.21. The highest BCUT2D eigenvalue weighted by Gasteiger charge is 2.14. The van der Waals surface area contributed by atoms with Gasteiger partial charge in [-0.1, -0.05) is 18.2 Å². The smallest absolute Gasteiger partial charge is 0.248 e. The number of para-hydroxylation sites is 1. The zero-order chi connectivity index (χ0) is 13.7. The first-order chi connectivity index (χ1) is 9.26. The van der Waals surface area contributed by atoms with E-state index in [2.05, 4.69) is 28.7 Å². The Bertz CT molecular complexity index is 526. The molecule has 0 atom stereocenters. The maximum atomic E-state index is 6.09. The fourth-order valence-electron chi connectivity index (χ4n) is 1.83. The van der Waals surface area contributed by atoms with Gasteiger partial charge in [0.1, 0.15) is 17.8 Å². The lowest BCUT2D eigenvalue weighted by molar-refractivity contribution is 0.464. The van der Waals surface area contributed by atoms with E-state index in [9.17, 15) is 0 Å². The van der Waals surface area contributed by atoms with Crippen LogP contribution in [0.5, 0.6) is 11.6 Å². The summed E-state index contributed by atoms with van der Waals surface area (Å²) >= 11 is 0. The zero-order valence-electron chi connectivity index (χ0n) is 11.2. The maximum absolute atomic E-state index is 6.09. The second kappa shape index (κ2) is 6.04. The van der Waals surface area contributed by atoms with Gasteiger partial charge in [0.15, 0.2) is 5.82 Å². The molecule has 0 unspecified atom stereocenters. The summed E-state index contributed by atoms with van der Waals surface area (Å²) in [6.45, 7) is 5.79. The number of hydrogen-bond acceptors (Lipinski definition) is 5. The van der Waals surface area contributed by atoms with Crippen LogP contribution in [0.4, 0.5) is 11.5 Å². The maximum Gasteiger partial charge on any atom is 0.248 e. The van der Waals surface area contributed by atoms with Crippen molar-refractivity contribution in [1.82, 2.24) is 9.97 Å². The van der Waals surface area contributed by atoms with Gasteiger partial charge in [-0.3, -0.25) is 0 Å². The summed E-state index contributed by atoms with van der Waals surface area (Å²) in [7, 11) is 0. The van der Waals surface area contributed by atoms with E-state index in [1.165, 1.54) is 6.33 Å². The molecule has 0 amide bonds. The average Bonchev–Trinajstić information content (AvgIpc) is 2.45. The normalized spacial score (nSPS) is 10.2. The van der Waals surface area contributed by atoms with E-state index in [0.29, 0.717) is 23.1 Å². The first-order valence-electron chi connectivity index (χ1n) is 6.34. The third-order valence-electron chi connectivity index (χ3n) is 2.85. The highest BCUT2D eigenvalue weighted by atomic mass is 16.5. The van der Waals surface area contributed by atoms with Crippen molar-refractivity contribution in [1.29, 1.82) is 0 Å². The van der Waals surface area contributed by atoms with E-state index in [-0.39, 0.29) is 0 Å². The van der Waals surface area contributed by atoms with Gasteiger partial charge in [-0.15, -0.1) is 0 Å². The van der Waals surface area contributed by atoms with Crippen molar-refractivity contribution in [2.24, 2.45) is 0 Å². The molecule has 5 nitrogen and oxygen atoms in total. The zero-order valence-corrected chi connectivity index (χ0v) is 11.2. The molecule has 0 fully saturated rings. The van der Waals surface area contributed by atoms with Gasteiger partial charge in [-0.2, -0.15) is 4.98 Å². The van der Waals surface area contributed by atoms with Gasteiger partial charge in [-0.05, 0) is 26.0 Å². The molecule has 19 heavy (non-hydrogen) atoms. The summed E-state index contributed by atoms with van der Waals surface area (Å²) in [5.74, 6) is 1.81. The molecule has 1 aromatic carbocycles. The largest absolute Gasteiger partial charge is 0.437 e. The second-order valence-electron chi connectivity index (χ2n) is 4.00. The third kappa shape index (κ3) is 2.93. The number of ether oxygens (including phenoxy) is 1. The molecule has 0 aliphatic heterocycles. The predicted molar refractivity (Wildman–Crippen MR) is 76.5 cm³/mol. The molecule has 0 aliphatic rings. The molecule has 2 rings (SSSR count). The molecular weight excluding hydrogens is 240 g/mol. The Labute approximate surface area is 113 Å². The molecular formula is C14H18N4O. The quantitative estimate of drug-likeness (QED) is 0.893. The number of nitrogens with zero attached hydrogens (tertiary/aromatic N) is 3. The van der Waals surface area contributed by atoms with E-state index in [1.54, 1.807) is 0 Å². The van der Waals surface area contributed by atoms with Gasteiger partial charge in [0, 0.05) is 13.1 Å². The van der Waals surface area contributed by atoms with Crippen LogP contribution in [-0.4, -0.2) is 23.1 Å². The molecule has 0 aliphatic carbocycles. The summed E-state index contributed by atoms with van der Waals surface area (Å²) in [5.41, 5.74) is 6.56. The Morgan fingerprint density at radius 2 is 1.79 bits per heavy atom. The Morgan fingerprint density at radius 3 is 2.42 bits per heavy atom. The summed E-state index contributed by atoms with van der Waals surface area (Å²) in [6.07, 6.45) is 1.47. The minimum atomic E-state index is 0.392. The number of rotatable bonds is 5. The van der Waals surface area contributed by atoms with Crippen molar-refractivity contribution in [3.8, 4) is 11.6 Å². The van der Waals surface area contributed by atoms with Crippen molar-refractivity contribution in [2.45, 2.75) is 13.8 Å². The summed E-state index contributed by atoms with van der Waals surface area (Å²) < 4.78 is 5.69. The van der Waals surface area contributed by atoms with Crippen molar-refractivity contribution < 1.29 is 4.74 Å². The lowest BCUT2D eigenvalue weighted by atomic mass is 10.3. The molecule has 0 bridgehead atoms. The first kappa shape index (κ1) is 13.1. The van der Waals surface area contributed by atoms with Crippen LogP contribution in [0.2, 0.25) is 0 Å². The van der Waals surface area contributed by atoms with Crippen LogP contribution in [-0.2, 0) is 0 Å². The fraction of sp³-hybridized carbons (Fsp3) is 0.286. The van der Waals surface area contributed by atoms with Crippen LogP contribution in [0.25, 0.3) is 0 Å². The Morgan fingerprint density at radius 1 is 1.11 bits per heavy atom. The SMILES string of the molecule is CCN(CC)c1ncnc(Oc2ccccc2)c1N. The average molecular weight is 258 g/mol. The van der Waals surface area contributed by atoms with Crippen LogP contribution in [0.3, 0.4) is 0 Å². The topological polar surface area (TPSA) is 64.3 Å². The lowest BCUT2D eigenvalue weighted by Crippen LogP contribution is -2.24. The van der Waals surface area contributed by atoms with Gasteiger partial charge in [0.25, 0.3) is 0 Å². The number of aromatic nitrogens is 2. The molecule has 0 spiro atoms. The molecule has 2 aromatic rings. The third-order valence-corrected chi connectivity index (χ3v) is 2.85. The van der Waals surface area contributed by atoms with E-state index >= 15 is 0 Å². The number of nitrogen functional groups attached to an aromatic ring is 1. The van der Waals surface area contributed by atoms with Crippen molar-refractivity contribution in [3.05, 3.63) is 36.7 Å². The summed E-state index contributed by atoms with van der Waals surface area (Å²) in [6, 6.07) is 9.45. The summed E-state index contributed by atoms with van der Waals surface area (Å²) in [5, 5.41) is 0. The summed E-state index contributed by atoms with van der Waals surface area (Å²) in [4.78, 5) is 10.4. The van der Waals surface area contributed by atoms with Gasteiger partial charge < -0.3 is 15.4 Å². The molecule has 0 saturated carbocycles. The van der Waals surface area contributed by atoms with Crippen molar-refractivity contribution in [3.63, 3.8) is 0 Å². The number of hydrogen-bond donors (Lipinski definition) is 1. The van der Waals surface area contributed by atoms with Crippen LogP contribution >= 0.6 is 0 Å². The minimum Gasteiger partial charge on any atom is -0.437 e. The molecule has 0 saturated heterocycles. The monoisotopic (exact) mass is 258 g/mol. The molecule has 1 aromatic heterocycles. The number of anilines is 2. The molecule has 5 heteroatoms. The van der Waals surface area contributed by atoms with Gasteiger partial charge in [0.05, 0.1) is 0 Å². The van der Waals surface area contributed by atoms with E-state index < -0.39 is 0 Å². The van der Waals surface area contributed by atoms with Gasteiger partial charge in [0.2, 0.25) is 5.88 Å². The van der Waals surface area contributed by atoms with Gasteiger partial charge in [-0.25, -0.2) is 4.98 Å². The van der Waals surface area contributed by atoms with Crippen LogP contribution < -0.4 is 15.4 Å². The Balaban J connectivity index is 2.30. The van der Waals surface area contributed by atoms with Crippen molar-refractivity contribution >= 4 is 11.5 Å². The molecule has 1 heterocycles. The molecule has 100 valence electrons. The fourth-order valence-corrected chi connectivity index (χ4v) is 1.83. The van der Waals surface area contributed by atoms with Gasteiger partial charge >= 0.3 is 0 Å². The highest BCUT2D eigenvalue weighted by Crippen LogP contribution is 2.30. The van der Waals surface area contributed by atoms with Crippen LogP contribution in [0, 0.1) is 0 Å². The second-order valence-corrected chi connectivity index (χ2v) is 4.00. The molecule has 0 radical (unpaired) electrons. The van der Waals surface area contributed by atoms with Crippen molar-refractivity contribution in [2.75, 3.05) is 23.7 Å². The Kier molecular flexibility index (Phi) is 4.18. The highest BCUT2D eigenvalue weighted by molar-refractivity contribution is 5.68. The Hall–Kier alpha value is -2.30. The standard InChI is InChI=1S/C14H18N4O/c1-3-18(4-2)13-12(15)14(17-10-16-13)19-11-8-6-5-7-9-11/h5-10H,3-4,15H2,1-2H3. The predicted octanol–water partition coefficient (Wildman–Crippen LogP) is 2.70. The number of benzene rings is 1. The first-order valence-corrected chi connectivity index (χ1v) is 6.34. The minimum absolute atomic E-state index is 0.392. The van der Waals surface area contributed by atoms with E-state index in [4.69, 9.17) is 10.5 Å². The number of nitrogens with two attached hydrogens (primary N) is 1. The van der Waals surface area contributed by atoms with E-state index in [0.717, 1.165) is 13.1 Å².